The number of thiophene rings is 1. The predicted octanol–water partition coefficient (Wildman–Crippen LogP) is 4.26. The van der Waals surface area contributed by atoms with Crippen molar-refractivity contribution in [1.29, 1.82) is 0 Å². The first-order chi connectivity index (χ1) is 9.61. The topological polar surface area (TPSA) is 29.1 Å². The van der Waals surface area contributed by atoms with Gasteiger partial charge in [0.05, 0.1) is 4.88 Å². The Labute approximate surface area is 121 Å². The molecule has 1 aliphatic carbocycles. The number of amides is 1. The number of carbonyl (C=O) groups is 1. The summed E-state index contributed by atoms with van der Waals surface area (Å²) in [6, 6.07) is 7.96. The lowest BCUT2D eigenvalue weighted by atomic mass is 9.90. The molecule has 1 amide bonds. The maximum absolute atomic E-state index is 13.1. The number of halogens is 1. The van der Waals surface area contributed by atoms with E-state index in [4.69, 9.17) is 0 Å². The van der Waals surface area contributed by atoms with Crippen LogP contribution in [0.3, 0.4) is 0 Å². The molecule has 3 rings (SSSR count). The van der Waals surface area contributed by atoms with E-state index in [1.54, 1.807) is 23.5 Å². The van der Waals surface area contributed by atoms with Gasteiger partial charge in [0, 0.05) is 10.6 Å². The Morgan fingerprint density at radius 2 is 2.25 bits per heavy atom. The van der Waals surface area contributed by atoms with Crippen LogP contribution in [0.5, 0.6) is 0 Å². The zero-order chi connectivity index (χ0) is 14.1. The first-order valence-corrected chi connectivity index (χ1v) is 7.62. The first kappa shape index (κ1) is 13.3. The molecule has 0 fully saturated rings. The van der Waals surface area contributed by atoms with Gasteiger partial charge >= 0.3 is 0 Å². The van der Waals surface area contributed by atoms with Crippen molar-refractivity contribution in [3.8, 4) is 0 Å². The Balaban J connectivity index is 1.78. The standard InChI is InChI=1S/C16H16FNOS/c1-10-5-6-14-11(7-10)8-15(20-14)16(19)18-13-4-2-3-12(17)9-13/h2-4,8-10H,5-7H2,1H3,(H,18,19)/t10-/m1/s1. The minimum atomic E-state index is -0.345. The van der Waals surface area contributed by atoms with Crippen molar-refractivity contribution in [3.05, 3.63) is 51.5 Å². The quantitative estimate of drug-likeness (QED) is 0.879. The second-order valence-corrected chi connectivity index (χ2v) is 6.51. The van der Waals surface area contributed by atoms with Crippen molar-refractivity contribution < 1.29 is 9.18 Å². The fraction of sp³-hybridized carbons (Fsp3) is 0.312. The van der Waals surface area contributed by atoms with E-state index in [1.807, 2.05) is 6.07 Å². The number of benzene rings is 1. The maximum Gasteiger partial charge on any atom is 0.265 e. The summed E-state index contributed by atoms with van der Waals surface area (Å²) in [6.07, 6.45) is 3.31. The van der Waals surface area contributed by atoms with Crippen LogP contribution in [-0.2, 0) is 12.8 Å². The van der Waals surface area contributed by atoms with Gasteiger partial charge in [-0.1, -0.05) is 13.0 Å². The summed E-state index contributed by atoms with van der Waals surface area (Å²) in [5.41, 5.74) is 1.80. The minimum Gasteiger partial charge on any atom is -0.321 e. The summed E-state index contributed by atoms with van der Waals surface area (Å²) in [4.78, 5) is 14.2. The van der Waals surface area contributed by atoms with E-state index in [2.05, 4.69) is 12.2 Å². The Bertz CT molecular complexity index is 650. The Hall–Kier alpha value is -1.68. The van der Waals surface area contributed by atoms with Gasteiger partial charge in [0.25, 0.3) is 5.91 Å². The monoisotopic (exact) mass is 289 g/mol. The molecule has 0 bridgehead atoms. The van der Waals surface area contributed by atoms with Crippen LogP contribution < -0.4 is 5.32 Å². The van der Waals surface area contributed by atoms with Crippen LogP contribution in [-0.4, -0.2) is 5.91 Å². The van der Waals surface area contributed by atoms with Gasteiger partial charge in [-0.3, -0.25) is 4.79 Å². The van der Waals surface area contributed by atoms with Crippen LogP contribution in [0.25, 0.3) is 0 Å². The van der Waals surface area contributed by atoms with Crippen LogP contribution in [0, 0.1) is 11.7 Å². The maximum atomic E-state index is 13.1. The number of rotatable bonds is 2. The zero-order valence-corrected chi connectivity index (χ0v) is 12.1. The predicted molar refractivity (Wildman–Crippen MR) is 79.9 cm³/mol. The molecule has 20 heavy (non-hydrogen) atoms. The third-order valence-electron chi connectivity index (χ3n) is 3.64. The van der Waals surface area contributed by atoms with Crippen LogP contribution in [0.15, 0.2) is 30.3 Å². The number of hydrogen-bond acceptors (Lipinski definition) is 2. The number of fused-ring (bicyclic) bond motifs is 1. The van der Waals surface area contributed by atoms with Gasteiger partial charge in [0.2, 0.25) is 0 Å². The van der Waals surface area contributed by atoms with Crippen molar-refractivity contribution in [2.75, 3.05) is 5.32 Å². The fourth-order valence-corrected chi connectivity index (χ4v) is 3.68. The molecular weight excluding hydrogens is 273 g/mol. The molecule has 1 aromatic carbocycles. The highest BCUT2D eigenvalue weighted by atomic mass is 32.1. The summed E-state index contributed by atoms with van der Waals surface area (Å²) < 4.78 is 13.1. The SMILES string of the molecule is C[C@@H]1CCc2sc(C(=O)Nc3cccc(F)c3)cc2C1. The van der Waals surface area contributed by atoms with E-state index in [-0.39, 0.29) is 11.7 Å². The lowest BCUT2D eigenvalue weighted by molar-refractivity contribution is 0.103. The van der Waals surface area contributed by atoms with E-state index in [0.29, 0.717) is 16.5 Å². The lowest BCUT2D eigenvalue weighted by Gasteiger charge is -2.16. The Morgan fingerprint density at radius 3 is 3.05 bits per heavy atom. The number of nitrogens with one attached hydrogen (secondary N) is 1. The molecule has 1 aliphatic rings. The minimum absolute atomic E-state index is 0.150. The summed E-state index contributed by atoms with van der Waals surface area (Å²) in [6.45, 7) is 2.24. The molecule has 4 heteroatoms. The van der Waals surface area contributed by atoms with Gasteiger partial charge in [-0.25, -0.2) is 4.39 Å². The molecule has 1 N–H and O–H groups in total. The number of aryl methyl sites for hydroxylation is 1. The number of hydrogen-bond donors (Lipinski definition) is 1. The zero-order valence-electron chi connectivity index (χ0n) is 11.3. The van der Waals surface area contributed by atoms with Gasteiger partial charge in [-0.15, -0.1) is 11.3 Å². The third kappa shape index (κ3) is 2.75. The molecular formula is C16H16FNOS. The molecule has 0 saturated heterocycles. The summed E-state index contributed by atoms with van der Waals surface area (Å²) >= 11 is 1.56. The fourth-order valence-electron chi connectivity index (χ4n) is 2.58. The molecule has 0 radical (unpaired) electrons. The average Bonchev–Trinajstić information content (AvgIpc) is 2.81. The molecule has 1 atom stereocenters. The summed E-state index contributed by atoms with van der Waals surface area (Å²) in [5.74, 6) is 0.195. The molecule has 0 spiro atoms. The van der Waals surface area contributed by atoms with E-state index < -0.39 is 0 Å². The largest absolute Gasteiger partial charge is 0.321 e. The molecule has 0 unspecified atom stereocenters. The Morgan fingerprint density at radius 1 is 1.40 bits per heavy atom. The molecule has 0 aliphatic heterocycles. The van der Waals surface area contributed by atoms with Crippen molar-refractivity contribution in [2.24, 2.45) is 5.92 Å². The van der Waals surface area contributed by atoms with E-state index in [9.17, 15) is 9.18 Å². The average molecular weight is 289 g/mol. The Kier molecular flexibility index (Phi) is 3.57. The van der Waals surface area contributed by atoms with Gasteiger partial charge in [0.1, 0.15) is 5.82 Å². The number of anilines is 1. The van der Waals surface area contributed by atoms with E-state index in [1.165, 1.54) is 29.0 Å². The van der Waals surface area contributed by atoms with E-state index >= 15 is 0 Å². The van der Waals surface area contributed by atoms with Gasteiger partial charge in [0.15, 0.2) is 0 Å². The highest BCUT2D eigenvalue weighted by Crippen LogP contribution is 2.32. The van der Waals surface area contributed by atoms with Crippen molar-refractivity contribution in [1.82, 2.24) is 0 Å². The van der Waals surface area contributed by atoms with Crippen molar-refractivity contribution in [2.45, 2.75) is 26.2 Å². The molecule has 1 heterocycles. The second kappa shape index (κ2) is 5.37. The first-order valence-electron chi connectivity index (χ1n) is 6.80. The molecule has 2 aromatic rings. The van der Waals surface area contributed by atoms with Crippen LogP contribution in [0.1, 0.15) is 33.5 Å². The second-order valence-electron chi connectivity index (χ2n) is 5.37. The summed E-state index contributed by atoms with van der Waals surface area (Å²) in [5, 5.41) is 2.75. The smallest absolute Gasteiger partial charge is 0.265 e. The molecule has 2 nitrogen and oxygen atoms in total. The van der Waals surface area contributed by atoms with Gasteiger partial charge in [-0.2, -0.15) is 0 Å². The summed E-state index contributed by atoms with van der Waals surface area (Å²) in [7, 11) is 0. The van der Waals surface area contributed by atoms with Gasteiger partial charge < -0.3 is 5.32 Å². The van der Waals surface area contributed by atoms with Crippen molar-refractivity contribution in [3.63, 3.8) is 0 Å². The highest BCUT2D eigenvalue weighted by molar-refractivity contribution is 7.14. The molecule has 104 valence electrons. The van der Waals surface area contributed by atoms with Crippen molar-refractivity contribution >= 4 is 22.9 Å². The van der Waals surface area contributed by atoms with Gasteiger partial charge in [-0.05, 0) is 55.0 Å². The molecule has 1 aromatic heterocycles. The highest BCUT2D eigenvalue weighted by Gasteiger charge is 2.20. The number of carbonyl (C=O) groups excluding carboxylic acids is 1. The van der Waals surface area contributed by atoms with E-state index in [0.717, 1.165) is 12.8 Å². The third-order valence-corrected chi connectivity index (χ3v) is 4.87. The normalized spacial score (nSPS) is 17.6. The van der Waals surface area contributed by atoms with Crippen LogP contribution in [0.2, 0.25) is 0 Å². The van der Waals surface area contributed by atoms with Crippen LogP contribution in [0.4, 0.5) is 10.1 Å². The van der Waals surface area contributed by atoms with Crippen LogP contribution >= 0.6 is 11.3 Å². The lowest BCUT2D eigenvalue weighted by Crippen LogP contribution is -2.10. The molecule has 0 saturated carbocycles.